The van der Waals surface area contributed by atoms with E-state index in [-0.39, 0.29) is 31.6 Å². The number of allylic oxidation sites excluding steroid dienone is 10. The maximum Gasteiger partial charge on any atom is 0.306 e. The lowest BCUT2D eigenvalue weighted by atomic mass is 10.0. The standard InChI is InChI=1S/C46H80O5/c1-3-5-7-9-11-13-15-17-19-21-22-23-25-26-28-30-32-34-36-38-40-45(48)50-43-44(42-47)51-46(49)41-39-37-35-33-31-29-27-24-20-18-16-14-12-10-8-6-4-2/h6,8,12,14,18,20,27,29,33,35,44,47H,3-5,7,9-11,13,15-17,19,21-26,28,30-32,34,36-43H2,1-2H3/b8-6-,14-12-,20-18-,29-27-,35-33-. The van der Waals surface area contributed by atoms with Crippen molar-refractivity contribution in [1.29, 1.82) is 0 Å². The van der Waals surface area contributed by atoms with Gasteiger partial charge in [0.25, 0.3) is 0 Å². The Hall–Kier alpha value is -2.40. The van der Waals surface area contributed by atoms with Crippen LogP contribution in [0.5, 0.6) is 0 Å². The van der Waals surface area contributed by atoms with Crippen molar-refractivity contribution in [3.05, 3.63) is 60.8 Å². The van der Waals surface area contributed by atoms with Gasteiger partial charge in [-0.25, -0.2) is 0 Å². The second-order valence-electron chi connectivity index (χ2n) is 14.0. The highest BCUT2D eigenvalue weighted by atomic mass is 16.6. The Balaban J connectivity index is 3.60. The minimum Gasteiger partial charge on any atom is -0.462 e. The number of rotatable bonds is 38. The van der Waals surface area contributed by atoms with Crippen LogP contribution in [0.2, 0.25) is 0 Å². The van der Waals surface area contributed by atoms with Crippen molar-refractivity contribution < 1.29 is 24.2 Å². The Labute approximate surface area is 315 Å². The molecule has 0 amide bonds. The number of hydrogen-bond acceptors (Lipinski definition) is 5. The molecule has 0 aromatic heterocycles. The Bertz CT molecular complexity index is 899. The minimum absolute atomic E-state index is 0.0883. The van der Waals surface area contributed by atoms with E-state index in [0.29, 0.717) is 12.8 Å². The first-order valence-corrected chi connectivity index (χ1v) is 21.3. The predicted octanol–water partition coefficient (Wildman–Crippen LogP) is 13.6. The van der Waals surface area contributed by atoms with E-state index in [1.54, 1.807) is 0 Å². The van der Waals surface area contributed by atoms with Crippen molar-refractivity contribution in [2.24, 2.45) is 0 Å². The molecule has 0 spiro atoms. The molecule has 0 aromatic carbocycles. The molecule has 0 fully saturated rings. The Morgan fingerprint density at radius 1 is 0.471 bits per heavy atom. The Kier molecular flexibility index (Phi) is 40.0. The summed E-state index contributed by atoms with van der Waals surface area (Å²) in [6.45, 7) is 3.99. The molecule has 0 aliphatic carbocycles. The summed E-state index contributed by atoms with van der Waals surface area (Å²) in [5.41, 5.74) is 0. The molecular formula is C46H80O5. The third-order valence-corrected chi connectivity index (χ3v) is 9.08. The van der Waals surface area contributed by atoms with Gasteiger partial charge in [0.2, 0.25) is 0 Å². The average Bonchev–Trinajstić information content (AvgIpc) is 3.13. The second kappa shape index (κ2) is 42.0. The smallest absolute Gasteiger partial charge is 0.306 e. The van der Waals surface area contributed by atoms with Gasteiger partial charge in [0.05, 0.1) is 6.61 Å². The summed E-state index contributed by atoms with van der Waals surface area (Å²) in [5.74, 6) is -0.656. The lowest BCUT2D eigenvalue weighted by Gasteiger charge is -2.15. The molecule has 5 heteroatoms. The first-order chi connectivity index (χ1) is 25.1. The molecule has 0 aliphatic heterocycles. The van der Waals surface area contributed by atoms with Crippen LogP contribution < -0.4 is 0 Å². The highest BCUT2D eigenvalue weighted by Crippen LogP contribution is 2.15. The maximum atomic E-state index is 12.2. The van der Waals surface area contributed by atoms with E-state index in [4.69, 9.17) is 9.47 Å². The summed E-state index contributed by atoms with van der Waals surface area (Å²) in [6.07, 6.45) is 54.4. The van der Waals surface area contributed by atoms with Gasteiger partial charge in [0, 0.05) is 12.8 Å². The van der Waals surface area contributed by atoms with E-state index in [2.05, 4.69) is 74.6 Å². The largest absolute Gasteiger partial charge is 0.462 e. The lowest BCUT2D eigenvalue weighted by Crippen LogP contribution is -2.28. The van der Waals surface area contributed by atoms with Gasteiger partial charge in [0.1, 0.15) is 6.61 Å². The molecule has 0 bridgehead atoms. The highest BCUT2D eigenvalue weighted by Gasteiger charge is 2.16. The molecule has 1 unspecified atom stereocenters. The SMILES string of the molecule is CC/C=C\C/C=C\C/C=C\C/C=C\C/C=C\CCCC(=O)OC(CO)COC(=O)CCCCCCCCCCCCCCCCCCCCCC. The third kappa shape index (κ3) is 40.2. The molecule has 51 heavy (non-hydrogen) atoms. The van der Waals surface area contributed by atoms with Gasteiger partial charge >= 0.3 is 11.9 Å². The van der Waals surface area contributed by atoms with Crippen molar-refractivity contribution in [1.82, 2.24) is 0 Å². The highest BCUT2D eigenvalue weighted by molar-refractivity contribution is 5.70. The number of esters is 2. The van der Waals surface area contributed by atoms with Gasteiger partial charge < -0.3 is 14.6 Å². The minimum atomic E-state index is -0.801. The van der Waals surface area contributed by atoms with Crippen LogP contribution in [0.3, 0.4) is 0 Å². The van der Waals surface area contributed by atoms with Gasteiger partial charge in [-0.2, -0.15) is 0 Å². The molecule has 0 heterocycles. The fourth-order valence-corrected chi connectivity index (χ4v) is 5.88. The molecular weight excluding hydrogens is 633 g/mol. The molecule has 0 radical (unpaired) electrons. The summed E-state index contributed by atoms with van der Waals surface area (Å²) in [6, 6.07) is 0. The van der Waals surface area contributed by atoms with Gasteiger partial charge in [-0.3, -0.25) is 9.59 Å². The van der Waals surface area contributed by atoms with Crippen molar-refractivity contribution in [3.63, 3.8) is 0 Å². The van der Waals surface area contributed by atoms with Crippen LogP contribution in [0, 0.1) is 0 Å². The molecule has 0 aromatic rings. The topological polar surface area (TPSA) is 72.8 Å². The number of carbonyl (C=O) groups excluding carboxylic acids is 2. The van der Waals surface area contributed by atoms with E-state index < -0.39 is 6.10 Å². The van der Waals surface area contributed by atoms with Crippen molar-refractivity contribution in [2.75, 3.05) is 13.2 Å². The quantitative estimate of drug-likeness (QED) is 0.0392. The first-order valence-electron chi connectivity index (χ1n) is 21.3. The molecule has 5 nitrogen and oxygen atoms in total. The summed E-state index contributed by atoms with van der Waals surface area (Å²) in [5, 5.41) is 9.56. The number of ether oxygens (including phenoxy) is 2. The number of unbranched alkanes of at least 4 members (excludes halogenated alkanes) is 20. The number of carbonyl (C=O) groups is 2. The number of hydrogen-bond donors (Lipinski definition) is 1. The maximum absolute atomic E-state index is 12.2. The summed E-state index contributed by atoms with van der Waals surface area (Å²) < 4.78 is 10.6. The lowest BCUT2D eigenvalue weighted by molar-refractivity contribution is -0.161. The Morgan fingerprint density at radius 2 is 0.843 bits per heavy atom. The van der Waals surface area contributed by atoms with Gasteiger partial charge in [0.15, 0.2) is 6.10 Å². The predicted molar refractivity (Wildman–Crippen MR) is 219 cm³/mol. The number of aliphatic hydroxyl groups is 1. The summed E-state index contributed by atoms with van der Waals surface area (Å²) >= 11 is 0. The molecule has 0 saturated carbocycles. The van der Waals surface area contributed by atoms with Crippen LogP contribution in [0.15, 0.2) is 60.8 Å². The third-order valence-electron chi connectivity index (χ3n) is 9.08. The Morgan fingerprint density at radius 3 is 1.25 bits per heavy atom. The second-order valence-corrected chi connectivity index (χ2v) is 14.0. The zero-order valence-corrected chi connectivity index (χ0v) is 33.4. The van der Waals surface area contributed by atoms with Crippen molar-refractivity contribution in [3.8, 4) is 0 Å². The zero-order chi connectivity index (χ0) is 37.1. The van der Waals surface area contributed by atoms with E-state index >= 15 is 0 Å². The fourth-order valence-electron chi connectivity index (χ4n) is 5.88. The van der Waals surface area contributed by atoms with E-state index in [1.807, 2.05) is 0 Å². The van der Waals surface area contributed by atoms with Gasteiger partial charge in [-0.15, -0.1) is 0 Å². The number of aliphatic hydroxyl groups excluding tert-OH is 1. The van der Waals surface area contributed by atoms with Crippen LogP contribution in [-0.2, 0) is 19.1 Å². The van der Waals surface area contributed by atoms with Gasteiger partial charge in [-0.1, -0.05) is 197 Å². The first kappa shape index (κ1) is 48.6. The molecule has 0 saturated heterocycles. The van der Waals surface area contributed by atoms with E-state index in [0.717, 1.165) is 57.8 Å². The van der Waals surface area contributed by atoms with E-state index in [9.17, 15) is 14.7 Å². The normalized spacial score (nSPS) is 12.8. The van der Waals surface area contributed by atoms with Crippen LogP contribution in [0.1, 0.15) is 200 Å². The molecule has 0 aliphatic rings. The molecule has 0 rings (SSSR count). The molecule has 294 valence electrons. The van der Waals surface area contributed by atoms with Crippen LogP contribution >= 0.6 is 0 Å². The average molecular weight is 713 g/mol. The van der Waals surface area contributed by atoms with E-state index in [1.165, 1.54) is 109 Å². The van der Waals surface area contributed by atoms with Crippen LogP contribution in [0.25, 0.3) is 0 Å². The monoisotopic (exact) mass is 713 g/mol. The molecule has 1 N–H and O–H groups in total. The summed E-state index contributed by atoms with van der Waals surface area (Å²) in [4.78, 5) is 24.3. The zero-order valence-electron chi connectivity index (χ0n) is 33.4. The fraction of sp³-hybridized carbons (Fsp3) is 0.739. The van der Waals surface area contributed by atoms with Crippen molar-refractivity contribution >= 4 is 11.9 Å². The van der Waals surface area contributed by atoms with Crippen LogP contribution in [0.4, 0.5) is 0 Å². The van der Waals surface area contributed by atoms with Crippen molar-refractivity contribution in [2.45, 2.75) is 206 Å². The van der Waals surface area contributed by atoms with Crippen LogP contribution in [-0.4, -0.2) is 36.4 Å². The van der Waals surface area contributed by atoms with Gasteiger partial charge in [-0.05, 0) is 51.4 Å². The molecule has 1 atom stereocenters. The summed E-state index contributed by atoms with van der Waals surface area (Å²) in [7, 11) is 0.